The summed E-state index contributed by atoms with van der Waals surface area (Å²) in [7, 11) is 0. The first-order valence-electron chi connectivity index (χ1n) is 4.94. The molecule has 1 aromatic carbocycles. The van der Waals surface area contributed by atoms with E-state index in [1.807, 2.05) is 0 Å². The number of aromatic nitrogens is 2. The van der Waals surface area contributed by atoms with Gasteiger partial charge >= 0.3 is 6.18 Å². The Labute approximate surface area is 100 Å². The lowest BCUT2D eigenvalue weighted by Crippen LogP contribution is -2.05. The molecule has 0 fully saturated rings. The van der Waals surface area contributed by atoms with Crippen LogP contribution in [0.5, 0.6) is 0 Å². The SMILES string of the molecule is Nc1cc(N)nc(-c2cccc(C(F)(F)F)c2)n1. The molecule has 0 aliphatic heterocycles. The molecule has 18 heavy (non-hydrogen) atoms. The van der Waals surface area contributed by atoms with E-state index >= 15 is 0 Å². The van der Waals surface area contributed by atoms with Crippen LogP contribution in [0.2, 0.25) is 0 Å². The van der Waals surface area contributed by atoms with E-state index in [1.54, 1.807) is 0 Å². The standard InChI is InChI=1S/C11H9F3N4/c12-11(13,14)7-3-1-2-6(4-7)10-17-8(15)5-9(16)18-10/h1-5H,(H4,15,16,17,18). The first kappa shape index (κ1) is 12.2. The molecule has 0 spiro atoms. The molecule has 0 saturated carbocycles. The number of benzene rings is 1. The van der Waals surface area contributed by atoms with Crippen LogP contribution in [0.3, 0.4) is 0 Å². The van der Waals surface area contributed by atoms with Crippen molar-refractivity contribution < 1.29 is 13.2 Å². The van der Waals surface area contributed by atoms with Crippen LogP contribution in [0.4, 0.5) is 24.8 Å². The first-order chi connectivity index (χ1) is 8.36. The Morgan fingerprint density at radius 2 is 1.56 bits per heavy atom. The molecule has 0 atom stereocenters. The summed E-state index contributed by atoms with van der Waals surface area (Å²) in [6.07, 6.45) is -4.41. The van der Waals surface area contributed by atoms with Crippen molar-refractivity contribution in [3.8, 4) is 11.4 Å². The van der Waals surface area contributed by atoms with Gasteiger partial charge in [-0.25, -0.2) is 9.97 Å². The fourth-order valence-electron chi connectivity index (χ4n) is 1.45. The van der Waals surface area contributed by atoms with Gasteiger partial charge < -0.3 is 11.5 Å². The normalized spacial score (nSPS) is 11.5. The quantitative estimate of drug-likeness (QED) is 0.818. The number of hydrogen-bond donors (Lipinski definition) is 2. The van der Waals surface area contributed by atoms with Crippen molar-refractivity contribution in [1.29, 1.82) is 0 Å². The van der Waals surface area contributed by atoms with E-state index in [1.165, 1.54) is 18.2 Å². The smallest absolute Gasteiger partial charge is 0.384 e. The van der Waals surface area contributed by atoms with Gasteiger partial charge in [0.15, 0.2) is 5.82 Å². The van der Waals surface area contributed by atoms with Crippen molar-refractivity contribution >= 4 is 11.6 Å². The number of nitrogen functional groups attached to an aromatic ring is 2. The molecule has 1 heterocycles. The summed E-state index contributed by atoms with van der Waals surface area (Å²) in [5.41, 5.74) is 10.4. The van der Waals surface area contributed by atoms with Gasteiger partial charge in [-0.3, -0.25) is 0 Å². The molecule has 0 saturated heterocycles. The number of nitrogens with zero attached hydrogens (tertiary/aromatic N) is 2. The van der Waals surface area contributed by atoms with Crippen LogP contribution in [0.15, 0.2) is 30.3 Å². The monoisotopic (exact) mass is 254 g/mol. The van der Waals surface area contributed by atoms with E-state index in [-0.39, 0.29) is 23.0 Å². The van der Waals surface area contributed by atoms with Gasteiger partial charge in [0.05, 0.1) is 5.56 Å². The molecule has 4 nitrogen and oxygen atoms in total. The third kappa shape index (κ3) is 2.50. The lowest BCUT2D eigenvalue weighted by atomic mass is 10.1. The summed E-state index contributed by atoms with van der Waals surface area (Å²) >= 11 is 0. The molecule has 2 aromatic rings. The molecular formula is C11H9F3N4. The summed E-state index contributed by atoms with van der Waals surface area (Å²) in [6, 6.07) is 5.99. The minimum atomic E-state index is -4.41. The summed E-state index contributed by atoms with van der Waals surface area (Å²) in [5.74, 6) is 0.281. The van der Waals surface area contributed by atoms with Gasteiger partial charge in [-0.1, -0.05) is 12.1 Å². The van der Waals surface area contributed by atoms with Crippen LogP contribution in [-0.4, -0.2) is 9.97 Å². The third-order valence-corrected chi connectivity index (χ3v) is 2.21. The van der Waals surface area contributed by atoms with Crippen molar-refractivity contribution in [3.63, 3.8) is 0 Å². The molecule has 94 valence electrons. The van der Waals surface area contributed by atoms with E-state index in [2.05, 4.69) is 9.97 Å². The van der Waals surface area contributed by atoms with Crippen LogP contribution < -0.4 is 11.5 Å². The molecule has 0 aliphatic rings. The zero-order chi connectivity index (χ0) is 13.3. The zero-order valence-electron chi connectivity index (χ0n) is 9.07. The van der Waals surface area contributed by atoms with Gasteiger partial charge in [-0.2, -0.15) is 13.2 Å². The highest BCUT2D eigenvalue weighted by Crippen LogP contribution is 2.31. The molecule has 0 amide bonds. The van der Waals surface area contributed by atoms with Gasteiger partial charge in [0.2, 0.25) is 0 Å². The average Bonchev–Trinajstić information content (AvgIpc) is 2.27. The fourth-order valence-corrected chi connectivity index (χ4v) is 1.45. The molecule has 2 rings (SSSR count). The highest BCUT2D eigenvalue weighted by atomic mass is 19.4. The second-order valence-electron chi connectivity index (χ2n) is 3.62. The van der Waals surface area contributed by atoms with E-state index < -0.39 is 11.7 Å². The summed E-state index contributed by atoms with van der Waals surface area (Å²) in [6.45, 7) is 0. The molecule has 0 aliphatic carbocycles. The van der Waals surface area contributed by atoms with Crippen molar-refractivity contribution in [1.82, 2.24) is 9.97 Å². The molecule has 0 bridgehead atoms. The third-order valence-electron chi connectivity index (χ3n) is 2.21. The Hall–Kier alpha value is -2.31. The van der Waals surface area contributed by atoms with Crippen molar-refractivity contribution in [3.05, 3.63) is 35.9 Å². The second-order valence-corrected chi connectivity index (χ2v) is 3.62. The number of anilines is 2. The largest absolute Gasteiger partial charge is 0.416 e. The molecule has 7 heteroatoms. The van der Waals surface area contributed by atoms with Crippen LogP contribution in [0.1, 0.15) is 5.56 Å². The Morgan fingerprint density at radius 1 is 0.944 bits per heavy atom. The molecule has 0 radical (unpaired) electrons. The highest BCUT2D eigenvalue weighted by molar-refractivity contribution is 5.60. The van der Waals surface area contributed by atoms with Gasteiger partial charge in [-0.05, 0) is 12.1 Å². The van der Waals surface area contributed by atoms with Crippen molar-refractivity contribution in [2.24, 2.45) is 0 Å². The lowest BCUT2D eigenvalue weighted by Gasteiger charge is -2.08. The number of nitrogens with two attached hydrogens (primary N) is 2. The Morgan fingerprint density at radius 3 is 2.11 bits per heavy atom. The number of hydrogen-bond acceptors (Lipinski definition) is 4. The van der Waals surface area contributed by atoms with Crippen LogP contribution in [-0.2, 0) is 6.18 Å². The highest BCUT2D eigenvalue weighted by Gasteiger charge is 2.30. The number of halogens is 3. The molecule has 4 N–H and O–H groups in total. The molecule has 0 unspecified atom stereocenters. The van der Waals surface area contributed by atoms with Crippen LogP contribution in [0, 0.1) is 0 Å². The summed E-state index contributed by atoms with van der Waals surface area (Å²) < 4.78 is 37.7. The lowest BCUT2D eigenvalue weighted by molar-refractivity contribution is -0.137. The van der Waals surface area contributed by atoms with Crippen molar-refractivity contribution in [2.45, 2.75) is 6.18 Å². The maximum Gasteiger partial charge on any atom is 0.416 e. The van der Waals surface area contributed by atoms with Gasteiger partial charge in [0, 0.05) is 11.6 Å². The molecular weight excluding hydrogens is 245 g/mol. The van der Waals surface area contributed by atoms with Gasteiger partial charge in [0.1, 0.15) is 11.6 Å². The average molecular weight is 254 g/mol. The predicted molar refractivity (Wildman–Crippen MR) is 61.3 cm³/mol. The zero-order valence-corrected chi connectivity index (χ0v) is 9.07. The predicted octanol–water partition coefficient (Wildman–Crippen LogP) is 2.33. The Balaban J connectivity index is 2.51. The first-order valence-corrected chi connectivity index (χ1v) is 4.94. The van der Waals surface area contributed by atoms with E-state index in [0.29, 0.717) is 0 Å². The molecule has 1 aromatic heterocycles. The van der Waals surface area contributed by atoms with E-state index in [4.69, 9.17) is 11.5 Å². The van der Waals surface area contributed by atoms with Crippen LogP contribution in [0.25, 0.3) is 11.4 Å². The Bertz CT molecular complexity index is 560. The topological polar surface area (TPSA) is 77.8 Å². The minimum Gasteiger partial charge on any atom is -0.384 e. The van der Waals surface area contributed by atoms with E-state index in [0.717, 1.165) is 12.1 Å². The maximum absolute atomic E-state index is 12.6. The maximum atomic E-state index is 12.6. The van der Waals surface area contributed by atoms with E-state index in [9.17, 15) is 13.2 Å². The summed E-state index contributed by atoms with van der Waals surface area (Å²) in [4.78, 5) is 7.69. The number of rotatable bonds is 1. The summed E-state index contributed by atoms with van der Waals surface area (Å²) in [5, 5.41) is 0. The van der Waals surface area contributed by atoms with Crippen LogP contribution >= 0.6 is 0 Å². The van der Waals surface area contributed by atoms with Gasteiger partial charge in [0.25, 0.3) is 0 Å². The fraction of sp³-hybridized carbons (Fsp3) is 0.0909. The minimum absolute atomic E-state index is 0.0681. The number of alkyl halides is 3. The second kappa shape index (κ2) is 4.17. The Kier molecular flexibility index (Phi) is 2.82. The van der Waals surface area contributed by atoms with Gasteiger partial charge in [-0.15, -0.1) is 0 Å². The van der Waals surface area contributed by atoms with Crippen molar-refractivity contribution in [2.75, 3.05) is 11.5 Å².